The summed E-state index contributed by atoms with van der Waals surface area (Å²) >= 11 is 12.2. The van der Waals surface area contributed by atoms with Gasteiger partial charge in [0, 0.05) is 11.7 Å². The van der Waals surface area contributed by atoms with Crippen LogP contribution in [0.2, 0.25) is 10.2 Å². The van der Waals surface area contributed by atoms with Crippen molar-refractivity contribution in [1.29, 1.82) is 0 Å². The van der Waals surface area contributed by atoms with Crippen molar-refractivity contribution >= 4 is 35.8 Å². The van der Waals surface area contributed by atoms with Gasteiger partial charge in [0.25, 0.3) is 0 Å². The summed E-state index contributed by atoms with van der Waals surface area (Å²) in [5.74, 6) is 0.382. The lowest BCUT2D eigenvalue weighted by atomic mass is 9.79. The maximum atomic E-state index is 6.19. The first-order valence-electron chi connectivity index (χ1n) is 5.93. The third-order valence-corrected chi connectivity index (χ3v) is 4.24. The molecule has 1 aromatic rings. The summed E-state index contributed by atoms with van der Waals surface area (Å²) in [4.78, 5) is 3.95. The lowest BCUT2D eigenvalue weighted by Crippen LogP contribution is -2.41. The van der Waals surface area contributed by atoms with Crippen molar-refractivity contribution in [3.8, 4) is 5.75 Å². The normalized spacial score (nSPS) is 20.7. The highest BCUT2D eigenvalue weighted by atomic mass is 35.5. The number of hydrogen-bond donors (Lipinski definition) is 0. The second-order valence-corrected chi connectivity index (χ2v) is 6.20. The van der Waals surface area contributed by atoms with Crippen molar-refractivity contribution in [3.05, 3.63) is 16.4 Å². The summed E-state index contributed by atoms with van der Waals surface area (Å²) in [6.45, 7) is 7.87. The first kappa shape index (κ1) is 14.9. The molecule has 1 aliphatic rings. The molecule has 2 rings (SSSR count). The summed E-state index contributed by atoms with van der Waals surface area (Å²) in [6, 6.07) is 0. The van der Waals surface area contributed by atoms with E-state index in [1.165, 1.54) is 13.3 Å². The van der Waals surface area contributed by atoms with Crippen LogP contribution < -0.4 is 10.2 Å². The molecule has 1 aliphatic heterocycles. The molecule has 1 fully saturated rings. The molecule has 0 bridgehead atoms. The van der Waals surface area contributed by atoms with Gasteiger partial charge in [-0.1, -0.05) is 23.2 Å². The van der Waals surface area contributed by atoms with Crippen LogP contribution >= 0.6 is 23.2 Å². The fourth-order valence-corrected chi connectivity index (χ4v) is 2.29. The molecule has 0 radical (unpaired) electrons. The molecule has 0 spiro atoms. The highest BCUT2D eigenvalue weighted by Crippen LogP contribution is 2.38. The van der Waals surface area contributed by atoms with E-state index >= 15 is 0 Å². The van der Waals surface area contributed by atoms with Crippen molar-refractivity contribution < 1.29 is 14.0 Å². The largest absolute Gasteiger partial charge is 0.500 e. The Kier molecular flexibility index (Phi) is 3.78. The zero-order chi connectivity index (χ0) is 14.4. The molecule has 0 unspecified atom stereocenters. The van der Waals surface area contributed by atoms with E-state index in [0.29, 0.717) is 16.2 Å². The van der Waals surface area contributed by atoms with Crippen LogP contribution in [0.25, 0.3) is 0 Å². The first-order valence-corrected chi connectivity index (χ1v) is 6.69. The van der Waals surface area contributed by atoms with Crippen LogP contribution in [0.1, 0.15) is 27.7 Å². The first-order chi connectivity index (χ1) is 8.69. The summed E-state index contributed by atoms with van der Waals surface area (Å²) < 4.78 is 17.2. The number of aromatic nitrogens is 1. The van der Waals surface area contributed by atoms with Crippen LogP contribution in [0.3, 0.4) is 0 Å². The number of nitrogens with zero attached hydrogens (tertiary/aromatic N) is 1. The maximum absolute atomic E-state index is 6.19. The minimum atomic E-state index is -0.632. The van der Waals surface area contributed by atoms with Gasteiger partial charge in [-0.3, -0.25) is 0 Å². The van der Waals surface area contributed by atoms with Crippen molar-refractivity contribution in [2.75, 3.05) is 7.11 Å². The Labute approximate surface area is 123 Å². The molecule has 0 saturated carbocycles. The van der Waals surface area contributed by atoms with Gasteiger partial charge in [-0.15, -0.1) is 0 Å². The Morgan fingerprint density at radius 2 is 1.68 bits per heavy atom. The fraction of sp³-hybridized carbons (Fsp3) is 0.583. The van der Waals surface area contributed by atoms with Gasteiger partial charge in [-0.2, -0.15) is 0 Å². The standard InChI is InChI=1S/C12H16BCl2NO3/c1-11(2)12(3,4)19-13(18-11)8-7(14)6-16-10(15)9(8)17-5/h6H,1-5H3. The second-order valence-electron chi connectivity index (χ2n) is 5.43. The molecular weight excluding hydrogens is 288 g/mol. The average molecular weight is 304 g/mol. The summed E-state index contributed by atoms with van der Waals surface area (Å²) in [5.41, 5.74) is -0.341. The van der Waals surface area contributed by atoms with Gasteiger partial charge in [-0.25, -0.2) is 4.98 Å². The highest BCUT2D eigenvalue weighted by Gasteiger charge is 2.53. The van der Waals surface area contributed by atoms with Crippen molar-refractivity contribution in [2.24, 2.45) is 0 Å². The second kappa shape index (κ2) is 4.81. The van der Waals surface area contributed by atoms with E-state index in [-0.39, 0.29) is 5.15 Å². The molecule has 0 aromatic carbocycles. The number of halogens is 2. The van der Waals surface area contributed by atoms with Crippen LogP contribution in [0.15, 0.2) is 6.20 Å². The van der Waals surface area contributed by atoms with E-state index in [4.69, 9.17) is 37.2 Å². The molecule has 0 N–H and O–H groups in total. The molecule has 7 heteroatoms. The molecule has 2 heterocycles. The zero-order valence-corrected chi connectivity index (χ0v) is 13.1. The van der Waals surface area contributed by atoms with Gasteiger partial charge in [0.1, 0.15) is 0 Å². The molecule has 104 valence electrons. The van der Waals surface area contributed by atoms with Gasteiger partial charge in [0.2, 0.25) is 0 Å². The number of ether oxygens (including phenoxy) is 1. The maximum Gasteiger partial charge on any atom is 0.500 e. The van der Waals surface area contributed by atoms with Gasteiger partial charge in [-0.05, 0) is 27.7 Å². The van der Waals surface area contributed by atoms with Crippen LogP contribution in [0.4, 0.5) is 0 Å². The lowest BCUT2D eigenvalue weighted by molar-refractivity contribution is 0.00578. The molecule has 0 amide bonds. The van der Waals surface area contributed by atoms with Crippen LogP contribution in [0.5, 0.6) is 5.75 Å². The third kappa shape index (κ3) is 2.45. The van der Waals surface area contributed by atoms with E-state index in [1.807, 2.05) is 27.7 Å². The van der Waals surface area contributed by atoms with Gasteiger partial charge in [0.15, 0.2) is 10.9 Å². The smallest absolute Gasteiger partial charge is 0.494 e. The van der Waals surface area contributed by atoms with Crippen LogP contribution in [0, 0.1) is 0 Å². The molecule has 1 aromatic heterocycles. The molecular formula is C12H16BCl2NO3. The van der Waals surface area contributed by atoms with Crippen molar-refractivity contribution in [1.82, 2.24) is 4.98 Å². The van der Waals surface area contributed by atoms with E-state index in [1.54, 1.807) is 0 Å². The third-order valence-electron chi connectivity index (χ3n) is 3.67. The van der Waals surface area contributed by atoms with Gasteiger partial charge >= 0.3 is 7.12 Å². The number of hydrogen-bond acceptors (Lipinski definition) is 4. The van der Waals surface area contributed by atoms with Crippen LogP contribution in [-0.4, -0.2) is 30.4 Å². The lowest BCUT2D eigenvalue weighted by Gasteiger charge is -2.32. The van der Waals surface area contributed by atoms with E-state index in [0.717, 1.165) is 0 Å². The van der Waals surface area contributed by atoms with Crippen molar-refractivity contribution in [2.45, 2.75) is 38.9 Å². The van der Waals surface area contributed by atoms with E-state index < -0.39 is 18.3 Å². The molecule has 1 saturated heterocycles. The Bertz CT molecular complexity index is 492. The van der Waals surface area contributed by atoms with Crippen molar-refractivity contribution in [3.63, 3.8) is 0 Å². The fourth-order valence-electron chi connectivity index (χ4n) is 1.84. The zero-order valence-electron chi connectivity index (χ0n) is 11.6. The Morgan fingerprint density at radius 3 is 2.16 bits per heavy atom. The SMILES string of the molecule is COc1c(Cl)ncc(Cl)c1B1OC(C)(C)C(C)(C)O1. The quantitative estimate of drug-likeness (QED) is 0.622. The van der Waals surface area contributed by atoms with Crippen LogP contribution in [-0.2, 0) is 9.31 Å². The topological polar surface area (TPSA) is 40.6 Å². The molecule has 4 nitrogen and oxygen atoms in total. The Balaban J connectivity index is 2.48. The molecule has 0 atom stereocenters. The predicted octanol–water partition coefficient (Wildman–Crippen LogP) is 2.70. The summed E-state index contributed by atoms with van der Waals surface area (Å²) in [5, 5.41) is 0.636. The number of pyridine rings is 1. The molecule has 0 aliphatic carbocycles. The average Bonchev–Trinajstić information content (AvgIpc) is 2.50. The number of rotatable bonds is 2. The van der Waals surface area contributed by atoms with Gasteiger partial charge < -0.3 is 14.0 Å². The van der Waals surface area contributed by atoms with E-state index in [2.05, 4.69) is 4.98 Å². The van der Waals surface area contributed by atoms with E-state index in [9.17, 15) is 0 Å². The minimum Gasteiger partial charge on any atom is -0.494 e. The Morgan fingerprint density at radius 1 is 1.16 bits per heavy atom. The summed E-state index contributed by atoms with van der Waals surface area (Å²) in [7, 11) is 0.876. The predicted molar refractivity (Wildman–Crippen MR) is 76.5 cm³/mol. The summed E-state index contributed by atoms with van der Waals surface area (Å²) in [6.07, 6.45) is 1.47. The highest BCUT2D eigenvalue weighted by molar-refractivity contribution is 6.67. The minimum absolute atomic E-state index is 0.233. The number of methoxy groups -OCH3 is 1. The monoisotopic (exact) mass is 303 g/mol. The molecule has 19 heavy (non-hydrogen) atoms. The Hall–Kier alpha value is -0.485. The van der Waals surface area contributed by atoms with Gasteiger partial charge in [0.05, 0.1) is 23.3 Å².